The predicted octanol–water partition coefficient (Wildman–Crippen LogP) is 2.48. The molecule has 1 aromatic heterocycles. The normalized spacial score (nSPS) is 24.6. The van der Waals surface area contributed by atoms with Gasteiger partial charge in [-0.25, -0.2) is 13.4 Å². The van der Waals surface area contributed by atoms with E-state index in [2.05, 4.69) is 26.2 Å². The zero-order valence-electron chi connectivity index (χ0n) is 25.1. The minimum Gasteiger partial charge on any atom is -0.497 e. The highest BCUT2D eigenvalue weighted by Gasteiger charge is 2.72. The summed E-state index contributed by atoms with van der Waals surface area (Å²) in [5.74, 6) is -0.825. The number of aromatic nitrogens is 1. The molecule has 2 amide bonds. The summed E-state index contributed by atoms with van der Waals surface area (Å²) in [6.07, 6.45) is 0.465. The van der Waals surface area contributed by atoms with E-state index >= 15 is 4.79 Å². The van der Waals surface area contributed by atoms with Crippen LogP contribution >= 0.6 is 15.9 Å². The number of sulfonamides is 1. The van der Waals surface area contributed by atoms with Gasteiger partial charge in [0.15, 0.2) is 11.9 Å². The first-order valence-corrected chi connectivity index (χ1v) is 15.9. The van der Waals surface area contributed by atoms with Crippen molar-refractivity contribution >= 4 is 43.6 Å². The van der Waals surface area contributed by atoms with Crippen LogP contribution < -0.4 is 23.8 Å². The highest BCUT2D eigenvalue weighted by atomic mass is 79.9. The Morgan fingerprint density at radius 1 is 1.09 bits per heavy atom. The molecule has 2 aromatic carbocycles. The number of aryl methyl sites for hydroxylation is 1. The number of hydrogen-bond acceptors (Lipinski definition) is 9. The van der Waals surface area contributed by atoms with Gasteiger partial charge in [-0.05, 0) is 53.2 Å². The van der Waals surface area contributed by atoms with Gasteiger partial charge >= 0.3 is 5.91 Å². The molecular formula is C30H34BrN4O8S+. The molecule has 3 aromatic rings. The van der Waals surface area contributed by atoms with Crippen molar-refractivity contribution in [3.63, 3.8) is 0 Å². The fraction of sp³-hybridized carbons (Fsp3) is 0.367. The summed E-state index contributed by atoms with van der Waals surface area (Å²) in [6.45, 7) is 1.79. The summed E-state index contributed by atoms with van der Waals surface area (Å²) in [5, 5.41) is 13.7. The quantitative estimate of drug-likeness (QED) is 0.341. The van der Waals surface area contributed by atoms with Crippen LogP contribution in [-0.4, -0.2) is 88.9 Å². The Morgan fingerprint density at radius 2 is 1.80 bits per heavy atom. The van der Waals surface area contributed by atoms with Crippen molar-refractivity contribution in [2.75, 3.05) is 46.3 Å². The van der Waals surface area contributed by atoms with Crippen LogP contribution in [0.4, 0.5) is 5.82 Å². The first-order valence-electron chi connectivity index (χ1n) is 13.7. The molecule has 44 heavy (non-hydrogen) atoms. The van der Waals surface area contributed by atoms with E-state index in [1.807, 2.05) is 6.92 Å². The number of amides is 2. The Kier molecular flexibility index (Phi) is 8.16. The van der Waals surface area contributed by atoms with Crippen molar-refractivity contribution in [1.29, 1.82) is 0 Å². The van der Waals surface area contributed by atoms with Gasteiger partial charge in [0.25, 0.3) is 15.9 Å². The lowest BCUT2D eigenvalue weighted by Crippen LogP contribution is -2.69. The van der Waals surface area contributed by atoms with Gasteiger partial charge in [-0.15, -0.1) is 0 Å². The first-order chi connectivity index (χ1) is 20.8. The minimum atomic E-state index is -4.69. The lowest BCUT2D eigenvalue weighted by atomic mass is 9.78. The number of carbonyl (C=O) groups excluding carboxylic acids is 2. The van der Waals surface area contributed by atoms with E-state index in [4.69, 9.17) is 14.2 Å². The van der Waals surface area contributed by atoms with Gasteiger partial charge in [-0.3, -0.25) is 14.1 Å². The van der Waals surface area contributed by atoms with Gasteiger partial charge < -0.3 is 24.6 Å². The molecule has 234 valence electrons. The summed E-state index contributed by atoms with van der Waals surface area (Å²) in [6, 6.07) is 10.1. The van der Waals surface area contributed by atoms with Crippen LogP contribution in [0.1, 0.15) is 23.1 Å². The average Bonchev–Trinajstić information content (AvgIpc) is 3.46. The number of anilines is 1. The Balaban J connectivity index is 1.93. The van der Waals surface area contributed by atoms with E-state index in [0.717, 1.165) is 5.56 Å². The van der Waals surface area contributed by atoms with E-state index in [1.165, 1.54) is 52.8 Å². The second kappa shape index (κ2) is 11.3. The van der Waals surface area contributed by atoms with E-state index in [0.29, 0.717) is 25.8 Å². The van der Waals surface area contributed by atoms with Crippen molar-refractivity contribution in [2.24, 2.45) is 0 Å². The third-order valence-electron chi connectivity index (χ3n) is 8.63. The number of rotatable bonds is 8. The van der Waals surface area contributed by atoms with Crippen LogP contribution in [0.15, 0.2) is 58.0 Å². The molecular weight excluding hydrogens is 656 g/mol. The summed E-state index contributed by atoms with van der Waals surface area (Å²) < 4.78 is 46.5. The number of ether oxygens (including phenoxy) is 3. The number of pyridine rings is 1. The van der Waals surface area contributed by atoms with Crippen LogP contribution in [0.25, 0.3) is 0 Å². The number of hydrogen-bond donors (Lipinski definition) is 2. The number of likely N-dealkylation sites (N-methyl/N-ethyl adjacent to an activating group) is 2. The van der Waals surface area contributed by atoms with E-state index < -0.39 is 39.5 Å². The van der Waals surface area contributed by atoms with Crippen molar-refractivity contribution in [2.45, 2.75) is 35.9 Å². The molecule has 0 bridgehead atoms. The lowest BCUT2D eigenvalue weighted by molar-refractivity contribution is -0.953. The number of nitrogens with zero attached hydrogens (tertiary/aromatic N) is 3. The van der Waals surface area contributed by atoms with Crippen molar-refractivity contribution < 1.29 is 41.8 Å². The molecule has 3 heterocycles. The molecule has 4 atom stereocenters. The monoisotopic (exact) mass is 689 g/mol. The first kappa shape index (κ1) is 31.7. The summed E-state index contributed by atoms with van der Waals surface area (Å²) in [4.78, 5) is 33.1. The Bertz CT molecular complexity index is 1770. The molecule has 2 unspecified atom stereocenters. The number of carbonyl (C=O) groups is 2. The number of nitrogens with one attached hydrogen (secondary N) is 1. The number of aliphatic hydroxyl groups is 1. The van der Waals surface area contributed by atoms with Gasteiger partial charge in [-0.1, -0.05) is 11.6 Å². The predicted molar refractivity (Wildman–Crippen MR) is 164 cm³/mol. The number of likely N-dealkylation sites (tertiary alicyclic amines) is 1. The lowest BCUT2D eigenvalue weighted by Gasteiger charge is -2.48. The molecule has 5 rings (SSSR count). The van der Waals surface area contributed by atoms with Crippen LogP contribution in [0, 0.1) is 6.92 Å². The van der Waals surface area contributed by atoms with Gasteiger partial charge in [0.05, 0.1) is 39.5 Å². The zero-order chi connectivity index (χ0) is 32.2. The number of quaternary nitrogens is 1. The SMILES string of the molecule is CNC(=O)[C@@H]1C[C@@H](O)C[N+]1(C)C1(c2cc(C)ccc2OC)C(=O)N(S(=O)(=O)c2ccc(OC)cc2OC)c2ncc(Br)cc21. The maximum absolute atomic E-state index is 15.4. The molecule has 0 saturated carbocycles. The Labute approximate surface area is 264 Å². The zero-order valence-corrected chi connectivity index (χ0v) is 27.5. The molecule has 2 N–H and O–H groups in total. The van der Waals surface area contributed by atoms with Crippen molar-refractivity contribution in [3.05, 3.63) is 69.8 Å². The molecule has 12 nitrogen and oxygen atoms in total. The Morgan fingerprint density at radius 3 is 2.43 bits per heavy atom. The fourth-order valence-corrected chi connectivity index (χ4v) is 8.58. The largest absolute Gasteiger partial charge is 0.497 e. The number of benzene rings is 2. The molecule has 0 radical (unpaired) electrons. The fourth-order valence-electron chi connectivity index (χ4n) is 6.69. The maximum atomic E-state index is 15.4. The van der Waals surface area contributed by atoms with Crippen LogP contribution in [-0.2, 0) is 25.2 Å². The summed E-state index contributed by atoms with van der Waals surface area (Å²) >= 11 is 3.47. The topological polar surface area (TPSA) is 144 Å². The van der Waals surface area contributed by atoms with E-state index in [1.54, 1.807) is 31.3 Å². The molecule has 0 aliphatic carbocycles. The number of methoxy groups -OCH3 is 3. The molecule has 1 fully saturated rings. The molecule has 0 spiro atoms. The Hall–Kier alpha value is -3.72. The third kappa shape index (κ3) is 4.45. The second-order valence-electron chi connectivity index (χ2n) is 11.0. The van der Waals surface area contributed by atoms with Gasteiger partial charge in [0, 0.05) is 30.2 Å². The minimum absolute atomic E-state index is 0.0369. The van der Waals surface area contributed by atoms with Gasteiger partial charge in [0.1, 0.15) is 34.8 Å². The second-order valence-corrected chi connectivity index (χ2v) is 13.7. The average molecular weight is 691 g/mol. The smallest absolute Gasteiger partial charge is 0.313 e. The standard InChI is InChI=1S/C30H33BrN4O8S/c1-17-7-9-24(42-5)21(11-17)30(35(3)16-19(36)13-23(35)28(37)32-2)22-12-18(31)15-33-27(22)34(29(30)38)44(39,40)26-10-8-20(41-4)14-25(26)43-6/h7-12,14-15,19,23,36H,13,16H2,1-6H3/p+1/t19-,23+,30?,35?/m1/s1. The van der Waals surface area contributed by atoms with Crippen molar-refractivity contribution in [3.8, 4) is 17.2 Å². The molecule has 1 saturated heterocycles. The summed E-state index contributed by atoms with van der Waals surface area (Å²) in [7, 11) is 2.68. The third-order valence-corrected chi connectivity index (χ3v) is 10.8. The summed E-state index contributed by atoms with van der Waals surface area (Å²) in [5.41, 5.74) is -0.595. The van der Waals surface area contributed by atoms with Gasteiger partial charge in [0.2, 0.25) is 5.54 Å². The molecule has 14 heteroatoms. The highest BCUT2D eigenvalue weighted by molar-refractivity contribution is 9.10. The van der Waals surface area contributed by atoms with E-state index in [9.17, 15) is 18.3 Å². The number of fused-ring (bicyclic) bond motifs is 1. The van der Waals surface area contributed by atoms with Crippen LogP contribution in [0.3, 0.4) is 0 Å². The van der Waals surface area contributed by atoms with Crippen molar-refractivity contribution in [1.82, 2.24) is 10.3 Å². The molecule has 2 aliphatic rings. The molecule has 2 aliphatic heterocycles. The number of aliphatic hydroxyl groups excluding tert-OH is 1. The highest BCUT2D eigenvalue weighted by Crippen LogP contribution is 2.57. The van der Waals surface area contributed by atoms with Crippen LogP contribution in [0.5, 0.6) is 17.2 Å². The van der Waals surface area contributed by atoms with Gasteiger partial charge in [-0.2, -0.15) is 4.31 Å². The maximum Gasteiger partial charge on any atom is 0.313 e. The number of halogens is 1. The van der Waals surface area contributed by atoms with E-state index in [-0.39, 0.29) is 39.5 Å². The van der Waals surface area contributed by atoms with Crippen LogP contribution in [0.2, 0.25) is 0 Å².